The molecule has 0 bridgehead atoms. The van der Waals surface area contributed by atoms with E-state index in [0.717, 1.165) is 0 Å². The van der Waals surface area contributed by atoms with Crippen molar-refractivity contribution in [3.05, 3.63) is 0 Å². The molecule has 0 aromatic heterocycles. The Bertz CT molecular complexity index is 353. The lowest BCUT2D eigenvalue weighted by atomic mass is 9.56. The van der Waals surface area contributed by atoms with Crippen LogP contribution in [0.5, 0.6) is 0 Å². The predicted octanol–water partition coefficient (Wildman–Crippen LogP) is 0.303. The molecule has 88 valence electrons. The summed E-state index contributed by atoms with van der Waals surface area (Å²) in [4.78, 5) is 45.7. The highest BCUT2D eigenvalue weighted by Crippen LogP contribution is 2.42. The van der Waals surface area contributed by atoms with Gasteiger partial charge in [0.15, 0.2) is 17.3 Å². The summed E-state index contributed by atoms with van der Waals surface area (Å²) >= 11 is 0. The van der Waals surface area contributed by atoms with Gasteiger partial charge in [0.1, 0.15) is 5.41 Å². The number of methoxy groups -OCH3 is 1. The zero-order chi connectivity index (χ0) is 12.5. The van der Waals surface area contributed by atoms with E-state index in [1.807, 2.05) is 0 Å². The second-order valence-electron chi connectivity index (χ2n) is 3.99. The standard InChI is InChI=1S/C11H14O5/c1-6-9(14)11(7(2)12,10(6)15)5-4-8(13)16-3/h6H,4-5H2,1-3H3. The van der Waals surface area contributed by atoms with Gasteiger partial charge in [-0.05, 0) is 20.3 Å². The van der Waals surface area contributed by atoms with Crippen molar-refractivity contribution in [3.63, 3.8) is 0 Å². The van der Waals surface area contributed by atoms with Crippen molar-refractivity contribution < 1.29 is 23.9 Å². The molecule has 1 fully saturated rings. The van der Waals surface area contributed by atoms with Gasteiger partial charge in [0, 0.05) is 6.42 Å². The van der Waals surface area contributed by atoms with Crippen LogP contribution in [0.2, 0.25) is 0 Å². The minimum atomic E-state index is -1.58. The molecular weight excluding hydrogens is 212 g/mol. The fraction of sp³-hybridized carbons (Fsp3) is 0.636. The highest BCUT2D eigenvalue weighted by molar-refractivity contribution is 6.38. The molecule has 0 radical (unpaired) electrons. The first kappa shape index (κ1) is 12.5. The number of esters is 1. The van der Waals surface area contributed by atoms with Crippen molar-refractivity contribution in [1.29, 1.82) is 0 Å². The van der Waals surface area contributed by atoms with Crippen molar-refractivity contribution in [3.8, 4) is 0 Å². The van der Waals surface area contributed by atoms with Crippen molar-refractivity contribution in [2.75, 3.05) is 7.11 Å². The summed E-state index contributed by atoms with van der Waals surface area (Å²) < 4.78 is 4.42. The average molecular weight is 226 g/mol. The number of carbonyl (C=O) groups excluding carboxylic acids is 4. The molecule has 1 aliphatic carbocycles. The van der Waals surface area contributed by atoms with Crippen LogP contribution in [0.4, 0.5) is 0 Å². The van der Waals surface area contributed by atoms with Crippen LogP contribution >= 0.6 is 0 Å². The van der Waals surface area contributed by atoms with Crippen molar-refractivity contribution in [2.24, 2.45) is 11.3 Å². The maximum atomic E-state index is 11.6. The molecule has 0 unspecified atom stereocenters. The fourth-order valence-electron chi connectivity index (χ4n) is 2.06. The number of hydrogen-bond acceptors (Lipinski definition) is 5. The van der Waals surface area contributed by atoms with E-state index in [1.54, 1.807) is 0 Å². The molecular formula is C11H14O5. The Kier molecular flexibility index (Phi) is 3.26. The van der Waals surface area contributed by atoms with Gasteiger partial charge in [0.2, 0.25) is 0 Å². The third-order valence-corrected chi connectivity index (χ3v) is 3.16. The molecule has 5 nitrogen and oxygen atoms in total. The van der Waals surface area contributed by atoms with Crippen LogP contribution < -0.4 is 0 Å². The van der Waals surface area contributed by atoms with Gasteiger partial charge in [-0.3, -0.25) is 19.2 Å². The number of ketones is 3. The third-order valence-electron chi connectivity index (χ3n) is 3.16. The second-order valence-corrected chi connectivity index (χ2v) is 3.99. The van der Waals surface area contributed by atoms with Crippen LogP contribution in [0.1, 0.15) is 26.7 Å². The van der Waals surface area contributed by atoms with E-state index < -0.39 is 23.1 Å². The van der Waals surface area contributed by atoms with E-state index in [0.29, 0.717) is 0 Å². The molecule has 0 aromatic rings. The Morgan fingerprint density at radius 1 is 1.31 bits per heavy atom. The number of Topliss-reactive ketones (excluding diaryl/α,β-unsaturated/α-hetero) is 3. The molecule has 5 heteroatoms. The van der Waals surface area contributed by atoms with E-state index in [1.165, 1.54) is 21.0 Å². The van der Waals surface area contributed by atoms with Crippen LogP contribution in [0.15, 0.2) is 0 Å². The lowest BCUT2D eigenvalue weighted by molar-refractivity contribution is -0.164. The zero-order valence-corrected chi connectivity index (χ0v) is 9.53. The van der Waals surface area contributed by atoms with Gasteiger partial charge in [-0.15, -0.1) is 0 Å². The molecule has 0 aliphatic heterocycles. The molecule has 0 saturated heterocycles. The maximum absolute atomic E-state index is 11.6. The summed E-state index contributed by atoms with van der Waals surface area (Å²) in [5.41, 5.74) is -1.58. The van der Waals surface area contributed by atoms with E-state index in [-0.39, 0.29) is 24.4 Å². The Labute approximate surface area is 93.1 Å². The Morgan fingerprint density at radius 3 is 2.19 bits per heavy atom. The lowest BCUT2D eigenvalue weighted by Crippen LogP contribution is -2.61. The molecule has 0 aromatic carbocycles. The monoisotopic (exact) mass is 226 g/mol. The van der Waals surface area contributed by atoms with Crippen LogP contribution in [0.3, 0.4) is 0 Å². The largest absolute Gasteiger partial charge is 0.469 e. The first-order chi connectivity index (χ1) is 7.37. The number of ether oxygens (including phenoxy) is 1. The summed E-state index contributed by atoms with van der Waals surface area (Å²) in [6.45, 7) is 2.68. The van der Waals surface area contributed by atoms with E-state index in [4.69, 9.17) is 0 Å². The summed E-state index contributed by atoms with van der Waals surface area (Å²) in [6.07, 6.45) is -0.169. The summed E-state index contributed by atoms with van der Waals surface area (Å²) in [5.74, 6) is -2.49. The van der Waals surface area contributed by atoms with Crippen molar-refractivity contribution >= 4 is 23.3 Å². The SMILES string of the molecule is COC(=O)CCC1(C(C)=O)C(=O)C(C)C1=O. The Balaban J connectivity index is 2.85. The van der Waals surface area contributed by atoms with Gasteiger partial charge in [-0.1, -0.05) is 0 Å². The molecule has 0 amide bonds. The highest BCUT2D eigenvalue weighted by atomic mass is 16.5. The number of hydrogen-bond donors (Lipinski definition) is 0. The molecule has 1 saturated carbocycles. The number of carbonyl (C=O) groups is 4. The average Bonchev–Trinajstić information content (AvgIpc) is 2.27. The normalized spacial score (nSPS) is 28.6. The molecule has 0 atom stereocenters. The van der Waals surface area contributed by atoms with Gasteiger partial charge in [-0.2, -0.15) is 0 Å². The van der Waals surface area contributed by atoms with E-state index >= 15 is 0 Å². The number of rotatable bonds is 4. The van der Waals surface area contributed by atoms with E-state index in [9.17, 15) is 19.2 Å². The predicted molar refractivity (Wildman–Crippen MR) is 53.5 cm³/mol. The summed E-state index contributed by atoms with van der Waals surface area (Å²) in [5, 5.41) is 0. The topological polar surface area (TPSA) is 77.5 Å². The lowest BCUT2D eigenvalue weighted by Gasteiger charge is -2.40. The fourth-order valence-corrected chi connectivity index (χ4v) is 2.06. The van der Waals surface area contributed by atoms with Crippen molar-refractivity contribution in [2.45, 2.75) is 26.7 Å². The van der Waals surface area contributed by atoms with Gasteiger partial charge in [-0.25, -0.2) is 0 Å². The van der Waals surface area contributed by atoms with E-state index in [2.05, 4.69) is 4.74 Å². The summed E-state index contributed by atoms with van der Waals surface area (Å²) in [6, 6.07) is 0. The smallest absolute Gasteiger partial charge is 0.305 e. The Morgan fingerprint density at radius 2 is 1.81 bits per heavy atom. The molecule has 1 rings (SSSR count). The third kappa shape index (κ3) is 1.56. The summed E-state index contributed by atoms with van der Waals surface area (Å²) in [7, 11) is 1.22. The molecule has 1 aliphatic rings. The molecule has 16 heavy (non-hydrogen) atoms. The first-order valence-electron chi connectivity index (χ1n) is 5.04. The molecule has 0 heterocycles. The quantitative estimate of drug-likeness (QED) is 0.509. The minimum Gasteiger partial charge on any atom is -0.469 e. The zero-order valence-electron chi connectivity index (χ0n) is 9.53. The molecule has 0 N–H and O–H groups in total. The van der Waals surface area contributed by atoms with Gasteiger partial charge >= 0.3 is 5.97 Å². The van der Waals surface area contributed by atoms with Crippen LogP contribution in [0.25, 0.3) is 0 Å². The van der Waals surface area contributed by atoms with Crippen molar-refractivity contribution in [1.82, 2.24) is 0 Å². The van der Waals surface area contributed by atoms with Crippen LogP contribution in [-0.4, -0.2) is 30.4 Å². The maximum Gasteiger partial charge on any atom is 0.305 e. The first-order valence-corrected chi connectivity index (χ1v) is 5.04. The van der Waals surface area contributed by atoms with Gasteiger partial charge < -0.3 is 4.74 Å². The van der Waals surface area contributed by atoms with Gasteiger partial charge in [0.25, 0.3) is 0 Å². The molecule has 0 spiro atoms. The minimum absolute atomic E-state index is 0.0724. The van der Waals surface area contributed by atoms with Crippen LogP contribution in [-0.2, 0) is 23.9 Å². The Hall–Kier alpha value is -1.52. The second kappa shape index (κ2) is 4.15. The van der Waals surface area contributed by atoms with Gasteiger partial charge in [0.05, 0.1) is 13.0 Å². The van der Waals surface area contributed by atoms with Crippen LogP contribution in [0, 0.1) is 11.3 Å². The highest BCUT2D eigenvalue weighted by Gasteiger charge is 2.62.